The zero-order valence-corrected chi connectivity index (χ0v) is 17.0. The Labute approximate surface area is 169 Å². The van der Waals surface area contributed by atoms with Crippen molar-refractivity contribution in [2.24, 2.45) is 0 Å². The predicted octanol–water partition coefficient (Wildman–Crippen LogP) is 4.59. The monoisotopic (exact) mass is 396 g/mol. The zero-order valence-electron chi connectivity index (χ0n) is 17.0. The van der Waals surface area contributed by atoms with Crippen molar-refractivity contribution in [1.29, 1.82) is 0 Å². The van der Waals surface area contributed by atoms with Gasteiger partial charge in [0.2, 0.25) is 0 Å². The quantitative estimate of drug-likeness (QED) is 0.603. The molecule has 3 heterocycles. The molecule has 0 aliphatic carbocycles. The molecular formula is C22H25FN4O2. The third kappa shape index (κ3) is 3.81. The van der Waals surface area contributed by atoms with Crippen LogP contribution >= 0.6 is 0 Å². The largest absolute Gasteiger partial charge is 0.492 e. The minimum absolute atomic E-state index is 0.0982. The van der Waals surface area contributed by atoms with E-state index >= 15 is 0 Å². The highest BCUT2D eigenvalue weighted by atomic mass is 19.1. The molecule has 1 aliphatic heterocycles. The predicted molar refractivity (Wildman–Crippen MR) is 112 cm³/mol. The van der Waals surface area contributed by atoms with E-state index in [-0.39, 0.29) is 11.7 Å². The Morgan fingerprint density at radius 2 is 2.03 bits per heavy atom. The van der Waals surface area contributed by atoms with Crippen LogP contribution in [0.25, 0.3) is 11.3 Å². The van der Waals surface area contributed by atoms with Crippen LogP contribution in [0.1, 0.15) is 35.5 Å². The summed E-state index contributed by atoms with van der Waals surface area (Å²) in [6, 6.07) is 6.53. The van der Waals surface area contributed by atoms with Crippen molar-refractivity contribution in [3.63, 3.8) is 0 Å². The van der Waals surface area contributed by atoms with Gasteiger partial charge in [0.25, 0.3) is 5.91 Å². The van der Waals surface area contributed by atoms with Crippen LogP contribution in [0.3, 0.4) is 0 Å². The number of nitrogens with zero attached hydrogens (tertiary/aromatic N) is 1. The lowest BCUT2D eigenvalue weighted by Gasteiger charge is -2.17. The lowest BCUT2D eigenvalue weighted by molar-refractivity contribution is 0.0947. The number of nitrogens with one attached hydrogen (secondary N) is 3. The Bertz CT molecular complexity index is 1030. The topological polar surface area (TPSA) is 79.0 Å². The van der Waals surface area contributed by atoms with E-state index in [1.165, 1.54) is 13.2 Å². The summed E-state index contributed by atoms with van der Waals surface area (Å²) >= 11 is 0. The fraction of sp³-hybridized carbons (Fsp3) is 0.273. The lowest BCUT2D eigenvalue weighted by atomic mass is 10.0. The molecule has 1 aliphatic rings. The van der Waals surface area contributed by atoms with E-state index in [4.69, 9.17) is 4.74 Å². The third-order valence-corrected chi connectivity index (χ3v) is 4.69. The summed E-state index contributed by atoms with van der Waals surface area (Å²) in [6.07, 6.45) is 4.16. The maximum Gasteiger partial charge on any atom is 0.255 e. The van der Waals surface area contributed by atoms with Crippen LogP contribution in [-0.2, 0) is 6.42 Å². The van der Waals surface area contributed by atoms with Crippen molar-refractivity contribution in [3.8, 4) is 17.0 Å². The number of carbonyl (C=O) groups is 1. The molecule has 152 valence electrons. The second-order valence-electron chi connectivity index (χ2n) is 6.37. The van der Waals surface area contributed by atoms with Crippen molar-refractivity contribution in [2.75, 3.05) is 19.0 Å². The van der Waals surface area contributed by atoms with Crippen molar-refractivity contribution < 1.29 is 13.9 Å². The highest BCUT2D eigenvalue weighted by molar-refractivity contribution is 6.06. The smallest absolute Gasteiger partial charge is 0.255 e. The molecule has 0 atom stereocenters. The number of aryl methyl sites for hydroxylation is 1. The second kappa shape index (κ2) is 8.77. The van der Waals surface area contributed by atoms with Crippen LogP contribution in [0.2, 0.25) is 0 Å². The van der Waals surface area contributed by atoms with Crippen LogP contribution in [0.15, 0.2) is 36.7 Å². The fourth-order valence-electron chi connectivity index (χ4n) is 3.41. The summed E-state index contributed by atoms with van der Waals surface area (Å²) in [5.41, 5.74) is 5.09. The summed E-state index contributed by atoms with van der Waals surface area (Å²) < 4.78 is 19.3. The SMILES string of the molecule is CC.COc1c(F)cccc1Nc1c(-c2ccncc2C)[nH]c2c1C(=O)NCC2. The normalized spacial score (nSPS) is 12.4. The molecule has 3 N–H and O–H groups in total. The van der Waals surface area contributed by atoms with Crippen LogP contribution in [0.5, 0.6) is 5.75 Å². The van der Waals surface area contributed by atoms with Gasteiger partial charge in [-0.1, -0.05) is 19.9 Å². The summed E-state index contributed by atoms with van der Waals surface area (Å²) in [7, 11) is 1.41. The van der Waals surface area contributed by atoms with Crippen molar-refractivity contribution >= 4 is 17.3 Å². The van der Waals surface area contributed by atoms with Crippen LogP contribution < -0.4 is 15.4 Å². The number of pyridine rings is 1. The first-order valence-electron chi connectivity index (χ1n) is 9.63. The molecule has 7 heteroatoms. The number of methoxy groups -OCH3 is 1. The van der Waals surface area contributed by atoms with Gasteiger partial charge in [0.05, 0.1) is 29.7 Å². The van der Waals surface area contributed by atoms with Gasteiger partial charge in [-0.25, -0.2) is 4.39 Å². The molecule has 4 rings (SSSR count). The Morgan fingerprint density at radius 3 is 2.76 bits per heavy atom. The van der Waals surface area contributed by atoms with Gasteiger partial charge < -0.3 is 20.4 Å². The van der Waals surface area contributed by atoms with E-state index in [9.17, 15) is 9.18 Å². The van der Waals surface area contributed by atoms with E-state index in [0.717, 1.165) is 22.5 Å². The number of amides is 1. The fourth-order valence-corrected chi connectivity index (χ4v) is 3.41. The standard InChI is InChI=1S/C20H19FN4O2.C2H6/c1-11-10-22-8-6-12(11)17-18(16-14(24-17)7-9-23-20(16)26)25-15-5-3-4-13(21)19(15)27-2;1-2/h3-6,8,10,24-25H,7,9H2,1-2H3,(H,23,26);1-2H3. The first-order valence-corrected chi connectivity index (χ1v) is 9.63. The van der Waals surface area contributed by atoms with Gasteiger partial charge in [0.15, 0.2) is 11.6 Å². The number of H-pyrrole nitrogens is 1. The number of para-hydroxylation sites is 1. The maximum absolute atomic E-state index is 14.1. The highest BCUT2D eigenvalue weighted by Gasteiger charge is 2.28. The first kappa shape index (κ1) is 20.4. The summed E-state index contributed by atoms with van der Waals surface area (Å²) in [5, 5.41) is 6.09. The number of benzene rings is 1. The number of hydrogen-bond acceptors (Lipinski definition) is 4. The molecule has 3 aromatic rings. The van der Waals surface area contributed by atoms with Crippen molar-refractivity contribution in [3.05, 3.63) is 59.3 Å². The molecule has 1 amide bonds. The number of halogens is 1. The van der Waals surface area contributed by atoms with E-state index in [1.807, 2.05) is 26.8 Å². The Morgan fingerprint density at radius 1 is 1.24 bits per heavy atom. The molecule has 0 spiro atoms. The summed E-state index contributed by atoms with van der Waals surface area (Å²) in [5.74, 6) is -0.539. The number of aromatic nitrogens is 2. The number of carbonyl (C=O) groups excluding carboxylic acids is 1. The van der Waals surface area contributed by atoms with Gasteiger partial charge in [-0.05, 0) is 30.7 Å². The van der Waals surface area contributed by atoms with E-state index in [2.05, 4.69) is 20.6 Å². The maximum atomic E-state index is 14.1. The molecule has 29 heavy (non-hydrogen) atoms. The minimum Gasteiger partial charge on any atom is -0.492 e. The highest BCUT2D eigenvalue weighted by Crippen LogP contribution is 2.40. The Kier molecular flexibility index (Phi) is 6.16. The van der Waals surface area contributed by atoms with Crippen LogP contribution in [-0.4, -0.2) is 29.5 Å². The Hall–Kier alpha value is -3.35. The minimum atomic E-state index is -0.474. The van der Waals surface area contributed by atoms with Gasteiger partial charge in [-0.2, -0.15) is 0 Å². The van der Waals surface area contributed by atoms with E-state index in [1.54, 1.807) is 24.5 Å². The molecule has 0 bridgehead atoms. The molecule has 0 saturated carbocycles. The average molecular weight is 396 g/mol. The van der Waals surface area contributed by atoms with Gasteiger partial charge in [-0.3, -0.25) is 9.78 Å². The van der Waals surface area contributed by atoms with Crippen molar-refractivity contribution in [2.45, 2.75) is 27.2 Å². The van der Waals surface area contributed by atoms with E-state index in [0.29, 0.717) is 29.9 Å². The van der Waals surface area contributed by atoms with Gasteiger partial charge in [0.1, 0.15) is 0 Å². The van der Waals surface area contributed by atoms with Crippen molar-refractivity contribution in [1.82, 2.24) is 15.3 Å². The van der Waals surface area contributed by atoms with E-state index < -0.39 is 5.82 Å². The number of fused-ring (bicyclic) bond motifs is 1. The average Bonchev–Trinajstić information content (AvgIpc) is 3.09. The lowest BCUT2D eigenvalue weighted by Crippen LogP contribution is -2.31. The van der Waals surface area contributed by atoms with Gasteiger partial charge in [0, 0.05) is 36.6 Å². The van der Waals surface area contributed by atoms with Gasteiger partial charge in [-0.15, -0.1) is 0 Å². The number of anilines is 2. The molecule has 2 aromatic heterocycles. The summed E-state index contributed by atoms with van der Waals surface area (Å²) in [4.78, 5) is 20.1. The number of aromatic amines is 1. The molecular weight excluding hydrogens is 371 g/mol. The third-order valence-electron chi connectivity index (χ3n) is 4.69. The molecule has 6 nitrogen and oxygen atoms in total. The number of ether oxygens (including phenoxy) is 1. The number of hydrogen-bond donors (Lipinski definition) is 3. The molecule has 0 unspecified atom stereocenters. The zero-order chi connectivity index (χ0) is 21.0. The summed E-state index contributed by atoms with van der Waals surface area (Å²) in [6.45, 7) is 6.53. The van der Waals surface area contributed by atoms with Gasteiger partial charge >= 0.3 is 0 Å². The molecule has 1 aromatic carbocycles. The first-order chi connectivity index (χ1) is 14.1. The van der Waals surface area contributed by atoms with Crippen LogP contribution in [0.4, 0.5) is 15.8 Å². The number of rotatable bonds is 4. The molecule has 0 radical (unpaired) electrons. The second-order valence-corrected chi connectivity index (χ2v) is 6.37. The Balaban J connectivity index is 0.00000117. The molecule has 0 saturated heterocycles. The van der Waals surface area contributed by atoms with Crippen LogP contribution in [0, 0.1) is 12.7 Å². The molecule has 0 fully saturated rings.